The highest BCUT2D eigenvalue weighted by Gasteiger charge is 2.09. The maximum absolute atomic E-state index is 11.3. The molecule has 0 aromatic carbocycles. The van der Waals surface area contributed by atoms with Gasteiger partial charge in [0, 0.05) is 6.04 Å². The van der Waals surface area contributed by atoms with Crippen LogP contribution in [0.2, 0.25) is 0 Å². The highest BCUT2D eigenvalue weighted by Crippen LogP contribution is 2.07. The van der Waals surface area contributed by atoms with Crippen molar-refractivity contribution in [2.45, 2.75) is 19.4 Å². The zero-order chi connectivity index (χ0) is 10.7. The number of rotatable bonds is 4. The fourth-order valence-electron chi connectivity index (χ4n) is 1.29. The van der Waals surface area contributed by atoms with Crippen molar-refractivity contribution in [2.75, 3.05) is 20.6 Å². The van der Waals surface area contributed by atoms with Crippen molar-refractivity contribution in [1.82, 2.24) is 19.7 Å². The standard InChI is InChI=1S/C8H16N4OS/c1-6(4-5-11(2)3)12-7(13)9-10-8(12)14/h6H,4-5H2,1-3H3,(H,9,13)(H,10,14). The van der Waals surface area contributed by atoms with Crippen LogP contribution in [0, 0.1) is 4.77 Å². The first kappa shape index (κ1) is 11.2. The van der Waals surface area contributed by atoms with E-state index < -0.39 is 0 Å². The van der Waals surface area contributed by atoms with Gasteiger partial charge >= 0.3 is 5.69 Å². The van der Waals surface area contributed by atoms with Crippen molar-refractivity contribution in [3.63, 3.8) is 0 Å². The van der Waals surface area contributed by atoms with Gasteiger partial charge in [-0.15, -0.1) is 0 Å². The molecule has 2 N–H and O–H groups in total. The van der Waals surface area contributed by atoms with Crippen LogP contribution in [0.3, 0.4) is 0 Å². The van der Waals surface area contributed by atoms with Gasteiger partial charge in [0.2, 0.25) is 0 Å². The van der Waals surface area contributed by atoms with Crippen molar-refractivity contribution in [3.8, 4) is 0 Å². The normalized spacial score (nSPS) is 13.4. The van der Waals surface area contributed by atoms with E-state index in [9.17, 15) is 4.79 Å². The molecular weight excluding hydrogens is 200 g/mol. The van der Waals surface area contributed by atoms with Crippen molar-refractivity contribution >= 4 is 12.2 Å². The second-order valence-corrected chi connectivity index (χ2v) is 4.06. The van der Waals surface area contributed by atoms with Crippen LogP contribution >= 0.6 is 12.2 Å². The quantitative estimate of drug-likeness (QED) is 0.730. The molecule has 0 bridgehead atoms. The second-order valence-electron chi connectivity index (χ2n) is 3.67. The Morgan fingerprint density at radius 2 is 2.14 bits per heavy atom. The minimum atomic E-state index is -0.166. The van der Waals surface area contributed by atoms with E-state index in [0.29, 0.717) is 4.77 Å². The molecule has 6 heteroatoms. The van der Waals surface area contributed by atoms with Crippen molar-refractivity contribution in [1.29, 1.82) is 0 Å². The molecule has 0 amide bonds. The van der Waals surface area contributed by atoms with E-state index in [4.69, 9.17) is 12.2 Å². The van der Waals surface area contributed by atoms with Gasteiger partial charge in [-0.1, -0.05) is 0 Å². The van der Waals surface area contributed by atoms with Crippen LogP contribution in [0.1, 0.15) is 19.4 Å². The van der Waals surface area contributed by atoms with Crippen molar-refractivity contribution < 1.29 is 0 Å². The molecule has 1 atom stereocenters. The molecule has 5 nitrogen and oxygen atoms in total. The van der Waals surface area contributed by atoms with E-state index in [1.54, 1.807) is 4.57 Å². The number of aromatic nitrogens is 3. The molecule has 80 valence electrons. The summed E-state index contributed by atoms with van der Waals surface area (Å²) >= 11 is 4.99. The molecule has 0 aliphatic rings. The molecule has 1 unspecified atom stereocenters. The van der Waals surface area contributed by atoms with E-state index in [1.807, 2.05) is 21.0 Å². The lowest BCUT2D eigenvalue weighted by atomic mass is 10.2. The summed E-state index contributed by atoms with van der Waals surface area (Å²) in [6, 6.07) is 0.125. The Balaban J connectivity index is 2.74. The number of H-pyrrole nitrogens is 2. The summed E-state index contributed by atoms with van der Waals surface area (Å²) in [6.07, 6.45) is 0.905. The first-order chi connectivity index (χ1) is 6.52. The fourth-order valence-corrected chi connectivity index (χ4v) is 1.61. The lowest BCUT2D eigenvalue weighted by molar-refractivity contribution is 0.354. The highest BCUT2D eigenvalue weighted by molar-refractivity contribution is 7.71. The molecule has 1 rings (SSSR count). The van der Waals surface area contributed by atoms with E-state index in [1.165, 1.54) is 0 Å². The third-order valence-electron chi connectivity index (χ3n) is 2.15. The van der Waals surface area contributed by atoms with E-state index in [-0.39, 0.29) is 11.7 Å². The van der Waals surface area contributed by atoms with Crippen molar-refractivity contribution in [2.24, 2.45) is 0 Å². The lowest BCUT2D eigenvalue weighted by Gasteiger charge is -2.14. The Morgan fingerprint density at radius 1 is 1.50 bits per heavy atom. The maximum atomic E-state index is 11.3. The summed E-state index contributed by atoms with van der Waals surface area (Å²) in [5, 5.41) is 5.10. The first-order valence-corrected chi connectivity index (χ1v) is 4.97. The second kappa shape index (κ2) is 4.56. The van der Waals surface area contributed by atoms with Gasteiger partial charge < -0.3 is 4.90 Å². The number of nitrogens with one attached hydrogen (secondary N) is 2. The molecule has 1 heterocycles. The molecule has 0 aliphatic heterocycles. The Hall–Kier alpha value is -0.880. The summed E-state index contributed by atoms with van der Waals surface area (Å²) in [5.41, 5.74) is -0.166. The lowest BCUT2D eigenvalue weighted by Crippen LogP contribution is -2.24. The highest BCUT2D eigenvalue weighted by atomic mass is 32.1. The predicted octanol–water partition coefficient (Wildman–Crippen LogP) is 0.747. The zero-order valence-electron chi connectivity index (χ0n) is 8.70. The molecule has 0 spiro atoms. The number of hydrogen-bond acceptors (Lipinski definition) is 3. The molecule has 0 fully saturated rings. The van der Waals surface area contributed by atoms with Crippen LogP contribution in [-0.4, -0.2) is 40.3 Å². The van der Waals surface area contributed by atoms with Crippen molar-refractivity contribution in [3.05, 3.63) is 15.3 Å². The van der Waals surface area contributed by atoms with Gasteiger partial charge in [-0.05, 0) is 46.2 Å². The van der Waals surface area contributed by atoms with Crippen LogP contribution < -0.4 is 5.69 Å². The van der Waals surface area contributed by atoms with Gasteiger partial charge in [-0.2, -0.15) is 0 Å². The molecule has 1 aromatic heterocycles. The van der Waals surface area contributed by atoms with Gasteiger partial charge in [0.15, 0.2) is 4.77 Å². The van der Waals surface area contributed by atoms with Crippen LogP contribution in [0.25, 0.3) is 0 Å². The maximum Gasteiger partial charge on any atom is 0.342 e. The largest absolute Gasteiger partial charge is 0.342 e. The third kappa shape index (κ3) is 2.55. The first-order valence-electron chi connectivity index (χ1n) is 4.56. The van der Waals surface area contributed by atoms with Crippen LogP contribution in [0.15, 0.2) is 4.79 Å². The van der Waals surface area contributed by atoms with E-state index in [0.717, 1.165) is 13.0 Å². The minimum absolute atomic E-state index is 0.125. The van der Waals surface area contributed by atoms with Crippen LogP contribution in [0.4, 0.5) is 0 Å². The van der Waals surface area contributed by atoms with Gasteiger partial charge in [0.1, 0.15) is 0 Å². The molecule has 0 aliphatic carbocycles. The summed E-state index contributed by atoms with van der Waals surface area (Å²) < 4.78 is 2.03. The number of hydrogen-bond donors (Lipinski definition) is 2. The Labute approximate surface area is 87.7 Å². The van der Waals surface area contributed by atoms with Gasteiger partial charge in [0.25, 0.3) is 0 Å². The van der Waals surface area contributed by atoms with E-state index >= 15 is 0 Å². The SMILES string of the molecule is CC(CCN(C)C)n1c(=O)[nH][nH]c1=S. The third-order valence-corrected chi connectivity index (χ3v) is 2.45. The van der Waals surface area contributed by atoms with Gasteiger partial charge in [-0.25, -0.2) is 9.89 Å². The average molecular weight is 216 g/mol. The monoisotopic (exact) mass is 216 g/mol. The molecule has 0 radical (unpaired) electrons. The Bertz CT molecular complexity index is 361. The Kier molecular flexibility index (Phi) is 3.65. The van der Waals surface area contributed by atoms with Crippen LogP contribution in [-0.2, 0) is 0 Å². The fraction of sp³-hybridized carbons (Fsp3) is 0.750. The summed E-state index contributed by atoms with van der Waals surface area (Å²) in [5.74, 6) is 0. The minimum Gasteiger partial charge on any atom is -0.309 e. The summed E-state index contributed by atoms with van der Waals surface area (Å²) in [6.45, 7) is 2.93. The van der Waals surface area contributed by atoms with Crippen LogP contribution in [0.5, 0.6) is 0 Å². The predicted molar refractivity (Wildman–Crippen MR) is 58.1 cm³/mol. The topological polar surface area (TPSA) is 56.8 Å². The number of nitrogens with zero attached hydrogens (tertiary/aromatic N) is 2. The van der Waals surface area contributed by atoms with E-state index in [2.05, 4.69) is 15.1 Å². The smallest absolute Gasteiger partial charge is 0.309 e. The molecule has 0 saturated heterocycles. The van der Waals surface area contributed by atoms with Gasteiger partial charge in [0.05, 0.1) is 0 Å². The van der Waals surface area contributed by atoms with Gasteiger partial charge in [-0.3, -0.25) is 9.67 Å². The Morgan fingerprint density at radius 3 is 2.57 bits per heavy atom. The number of aromatic amines is 2. The zero-order valence-corrected chi connectivity index (χ0v) is 9.52. The summed E-state index contributed by atoms with van der Waals surface area (Å²) in [7, 11) is 4.01. The average Bonchev–Trinajstić information content (AvgIpc) is 2.42. The molecule has 1 aromatic rings. The molecular formula is C8H16N4OS. The summed E-state index contributed by atoms with van der Waals surface area (Å²) in [4.78, 5) is 13.4. The molecule has 0 saturated carbocycles. The molecule has 14 heavy (non-hydrogen) atoms.